The fraction of sp³-hybridized carbons (Fsp3) is 0.900. The van der Waals surface area contributed by atoms with Crippen LogP contribution in [0.25, 0.3) is 0 Å². The number of carboxylic acids is 1. The van der Waals surface area contributed by atoms with Crippen LogP contribution in [0, 0.1) is 11.3 Å². The van der Waals surface area contributed by atoms with E-state index in [-0.39, 0.29) is 0 Å². The average Bonchev–Trinajstić information content (AvgIpc) is 2.09. The lowest BCUT2D eigenvalue weighted by atomic mass is 9.65. The first-order valence-electron chi connectivity index (χ1n) is 4.90. The molecule has 0 aromatic rings. The van der Waals surface area contributed by atoms with Gasteiger partial charge in [-0.15, -0.1) is 0 Å². The van der Waals surface area contributed by atoms with Crippen molar-refractivity contribution < 1.29 is 9.90 Å². The van der Waals surface area contributed by atoms with Crippen molar-refractivity contribution in [1.29, 1.82) is 0 Å². The molecular weight excluding hydrogens is 279 g/mol. The summed E-state index contributed by atoms with van der Waals surface area (Å²) in [7, 11) is 0. The summed E-state index contributed by atoms with van der Waals surface area (Å²) in [6.45, 7) is 4.08. The Morgan fingerprint density at radius 2 is 2.23 bits per heavy atom. The minimum absolute atomic E-state index is 0.334. The third kappa shape index (κ3) is 2.00. The molecule has 76 valence electrons. The van der Waals surface area contributed by atoms with Gasteiger partial charge in [0.15, 0.2) is 0 Å². The lowest BCUT2D eigenvalue weighted by Crippen LogP contribution is -2.42. The SMILES string of the molecule is CC[C@@]1(C(=O)O)C[C@H](I)CC[C@H]1C. The van der Waals surface area contributed by atoms with Gasteiger partial charge < -0.3 is 5.11 Å². The van der Waals surface area contributed by atoms with Crippen molar-refractivity contribution in [3.05, 3.63) is 0 Å². The van der Waals surface area contributed by atoms with Gasteiger partial charge >= 0.3 is 5.97 Å². The van der Waals surface area contributed by atoms with Gasteiger partial charge in [0, 0.05) is 3.92 Å². The summed E-state index contributed by atoms with van der Waals surface area (Å²) in [4.78, 5) is 11.3. The monoisotopic (exact) mass is 296 g/mol. The van der Waals surface area contributed by atoms with Crippen LogP contribution >= 0.6 is 22.6 Å². The number of aliphatic carboxylic acids is 1. The molecule has 0 saturated heterocycles. The summed E-state index contributed by atoms with van der Waals surface area (Å²) in [5.74, 6) is -0.259. The molecule has 0 heterocycles. The van der Waals surface area contributed by atoms with Gasteiger partial charge in [0.2, 0.25) is 0 Å². The molecule has 0 bridgehead atoms. The van der Waals surface area contributed by atoms with E-state index < -0.39 is 11.4 Å². The second kappa shape index (κ2) is 4.15. The Kier molecular flexibility index (Phi) is 3.60. The van der Waals surface area contributed by atoms with Crippen LogP contribution in [0.1, 0.15) is 39.5 Å². The zero-order chi connectivity index (χ0) is 10.1. The smallest absolute Gasteiger partial charge is 0.309 e. The minimum atomic E-state index is -0.594. The van der Waals surface area contributed by atoms with Crippen molar-refractivity contribution in [3.63, 3.8) is 0 Å². The molecule has 0 aliphatic heterocycles. The summed E-state index contributed by atoms with van der Waals surface area (Å²) >= 11 is 2.39. The Morgan fingerprint density at radius 3 is 2.62 bits per heavy atom. The normalized spacial score (nSPS) is 40.2. The van der Waals surface area contributed by atoms with Gasteiger partial charge in [0.05, 0.1) is 5.41 Å². The number of rotatable bonds is 2. The molecule has 0 unspecified atom stereocenters. The van der Waals surface area contributed by atoms with Gasteiger partial charge in [-0.2, -0.15) is 0 Å². The molecule has 1 fully saturated rings. The van der Waals surface area contributed by atoms with Crippen molar-refractivity contribution in [2.45, 2.75) is 43.5 Å². The van der Waals surface area contributed by atoms with E-state index in [1.165, 1.54) is 6.42 Å². The van der Waals surface area contributed by atoms with E-state index in [1.807, 2.05) is 6.92 Å². The van der Waals surface area contributed by atoms with E-state index in [4.69, 9.17) is 0 Å². The molecule has 2 nitrogen and oxygen atoms in total. The van der Waals surface area contributed by atoms with Crippen molar-refractivity contribution in [3.8, 4) is 0 Å². The largest absolute Gasteiger partial charge is 0.481 e. The van der Waals surface area contributed by atoms with Gasteiger partial charge in [-0.3, -0.25) is 4.79 Å². The van der Waals surface area contributed by atoms with Crippen molar-refractivity contribution in [2.75, 3.05) is 0 Å². The maximum atomic E-state index is 11.3. The Bertz CT molecular complexity index is 205. The molecule has 1 N–H and O–H groups in total. The van der Waals surface area contributed by atoms with Gasteiger partial charge in [0.25, 0.3) is 0 Å². The van der Waals surface area contributed by atoms with Gasteiger partial charge in [0.1, 0.15) is 0 Å². The van der Waals surface area contributed by atoms with Gasteiger partial charge in [-0.05, 0) is 31.6 Å². The van der Waals surface area contributed by atoms with Crippen molar-refractivity contribution in [1.82, 2.24) is 0 Å². The van der Waals surface area contributed by atoms with E-state index in [0.717, 1.165) is 19.3 Å². The highest BCUT2D eigenvalue weighted by molar-refractivity contribution is 14.1. The molecular formula is C10H17IO2. The molecule has 13 heavy (non-hydrogen) atoms. The van der Waals surface area contributed by atoms with E-state index >= 15 is 0 Å². The molecule has 0 aromatic carbocycles. The summed E-state index contributed by atoms with van der Waals surface area (Å²) in [6, 6.07) is 0. The average molecular weight is 296 g/mol. The maximum absolute atomic E-state index is 11.3. The first kappa shape index (κ1) is 11.3. The molecule has 3 atom stereocenters. The number of hydrogen-bond donors (Lipinski definition) is 1. The summed E-state index contributed by atoms with van der Waals surface area (Å²) in [5.41, 5.74) is -0.440. The number of carbonyl (C=O) groups is 1. The summed E-state index contributed by atoms with van der Waals surface area (Å²) in [5, 5.41) is 9.27. The Balaban J connectivity index is 2.86. The number of halogens is 1. The second-order valence-corrected chi connectivity index (χ2v) is 5.86. The fourth-order valence-corrected chi connectivity index (χ4v) is 3.49. The summed E-state index contributed by atoms with van der Waals surface area (Å²) in [6.07, 6.45) is 3.86. The highest BCUT2D eigenvalue weighted by Crippen LogP contribution is 2.46. The summed E-state index contributed by atoms with van der Waals surface area (Å²) < 4.78 is 0.546. The van der Waals surface area contributed by atoms with Crippen LogP contribution in [0.3, 0.4) is 0 Å². The number of alkyl halides is 1. The first-order chi connectivity index (χ1) is 6.03. The maximum Gasteiger partial charge on any atom is 0.309 e. The van der Waals surface area contributed by atoms with Crippen LogP contribution in [-0.4, -0.2) is 15.0 Å². The van der Waals surface area contributed by atoms with Crippen molar-refractivity contribution >= 4 is 28.6 Å². The first-order valence-corrected chi connectivity index (χ1v) is 6.15. The standard InChI is InChI=1S/C10H17IO2/c1-3-10(9(12)13)6-8(11)5-4-7(10)2/h7-8H,3-6H2,1-2H3,(H,12,13)/t7-,8-,10-/m1/s1. The van der Waals surface area contributed by atoms with Gasteiger partial charge in [-0.25, -0.2) is 0 Å². The molecule has 0 aromatic heterocycles. The van der Waals surface area contributed by atoms with E-state index in [1.54, 1.807) is 0 Å². The fourth-order valence-electron chi connectivity index (χ4n) is 2.35. The van der Waals surface area contributed by atoms with Crippen LogP contribution in [0.4, 0.5) is 0 Å². The molecule has 3 heteroatoms. The van der Waals surface area contributed by atoms with E-state index in [2.05, 4.69) is 29.5 Å². The molecule has 1 aliphatic rings. The predicted octanol–water partition coefficient (Wildman–Crippen LogP) is 3.09. The molecule has 1 rings (SSSR count). The zero-order valence-corrected chi connectivity index (χ0v) is 10.4. The van der Waals surface area contributed by atoms with Crippen LogP contribution in [0.5, 0.6) is 0 Å². The lowest BCUT2D eigenvalue weighted by molar-refractivity contribution is -0.154. The highest BCUT2D eigenvalue weighted by Gasteiger charge is 2.45. The number of carboxylic acid groups (broad SMARTS) is 1. The van der Waals surface area contributed by atoms with E-state index in [9.17, 15) is 9.90 Å². The molecule has 0 amide bonds. The van der Waals surface area contributed by atoms with Gasteiger partial charge in [-0.1, -0.05) is 36.4 Å². The molecule has 0 spiro atoms. The molecule has 0 radical (unpaired) electrons. The molecule has 1 saturated carbocycles. The Morgan fingerprint density at radius 1 is 1.62 bits per heavy atom. The third-order valence-corrected chi connectivity index (χ3v) is 4.56. The van der Waals surface area contributed by atoms with Crippen LogP contribution in [0.15, 0.2) is 0 Å². The van der Waals surface area contributed by atoms with Crippen LogP contribution in [0.2, 0.25) is 0 Å². The topological polar surface area (TPSA) is 37.3 Å². The molecule has 1 aliphatic carbocycles. The third-order valence-electron chi connectivity index (χ3n) is 3.50. The zero-order valence-electron chi connectivity index (χ0n) is 8.22. The predicted molar refractivity (Wildman–Crippen MR) is 61.2 cm³/mol. The highest BCUT2D eigenvalue weighted by atomic mass is 127. The minimum Gasteiger partial charge on any atom is -0.481 e. The van der Waals surface area contributed by atoms with Crippen molar-refractivity contribution in [2.24, 2.45) is 11.3 Å². The van der Waals surface area contributed by atoms with Crippen LogP contribution in [-0.2, 0) is 4.79 Å². The number of hydrogen-bond acceptors (Lipinski definition) is 1. The van der Waals surface area contributed by atoms with Crippen LogP contribution < -0.4 is 0 Å². The van der Waals surface area contributed by atoms with E-state index in [0.29, 0.717) is 9.84 Å². The second-order valence-electron chi connectivity index (χ2n) is 4.09. The quantitative estimate of drug-likeness (QED) is 0.628. The Labute approximate surface area is 93.2 Å². The Hall–Kier alpha value is 0.200. The lowest BCUT2D eigenvalue weighted by Gasteiger charge is -2.40.